The van der Waals surface area contributed by atoms with Crippen LogP contribution < -0.4 is 11.1 Å². The van der Waals surface area contributed by atoms with Crippen LogP contribution in [0, 0.1) is 0 Å². The van der Waals surface area contributed by atoms with Crippen molar-refractivity contribution in [2.45, 2.75) is 11.4 Å². The van der Waals surface area contributed by atoms with Gasteiger partial charge in [0.25, 0.3) is 11.8 Å². The Morgan fingerprint density at radius 2 is 2.24 bits per heavy atom. The van der Waals surface area contributed by atoms with Crippen molar-refractivity contribution in [3.63, 3.8) is 0 Å². The third-order valence-electron chi connectivity index (χ3n) is 4.08. The molecule has 3 heterocycles. The number of primary amides is 1. The lowest BCUT2D eigenvalue weighted by molar-refractivity contribution is -0.150. The van der Waals surface area contributed by atoms with Crippen LogP contribution in [-0.4, -0.2) is 70.5 Å². The van der Waals surface area contributed by atoms with Gasteiger partial charge in [-0.3, -0.25) is 14.5 Å². The molecule has 154 valence electrons. The molecule has 4 N–H and O–H groups in total. The summed E-state index contributed by atoms with van der Waals surface area (Å²) in [5.74, 6) is -2.38. The molecule has 29 heavy (non-hydrogen) atoms. The Labute approximate surface area is 167 Å². The number of β-lactam (4-membered cyclic amide) rings is 1. The summed E-state index contributed by atoms with van der Waals surface area (Å²) in [4.78, 5) is 53.3. The molecule has 0 bridgehead atoms. The van der Waals surface area contributed by atoms with Gasteiger partial charge in [-0.15, -0.1) is 11.8 Å². The van der Waals surface area contributed by atoms with Crippen LogP contribution >= 0.6 is 11.8 Å². The molecule has 1 aromatic heterocycles. The zero-order valence-corrected chi connectivity index (χ0v) is 15.8. The van der Waals surface area contributed by atoms with Crippen LogP contribution in [0.4, 0.5) is 4.79 Å². The molecule has 0 spiro atoms. The van der Waals surface area contributed by atoms with E-state index in [1.165, 1.54) is 31.2 Å². The van der Waals surface area contributed by atoms with Gasteiger partial charge in [0, 0.05) is 11.3 Å². The second kappa shape index (κ2) is 8.26. The number of ether oxygens (including phenoxy) is 1. The number of nitrogens with zero attached hydrogens (tertiary/aromatic N) is 2. The zero-order chi connectivity index (χ0) is 21.1. The number of nitrogens with two attached hydrogens (primary N) is 1. The summed E-state index contributed by atoms with van der Waals surface area (Å²) < 4.78 is 9.79. The highest BCUT2D eigenvalue weighted by Gasteiger charge is 2.54. The lowest BCUT2D eigenvalue weighted by Gasteiger charge is -2.49. The first kappa shape index (κ1) is 20.3. The first-order chi connectivity index (χ1) is 13.8. The van der Waals surface area contributed by atoms with Crippen LogP contribution in [0.5, 0.6) is 0 Å². The second-order valence-corrected chi connectivity index (χ2v) is 6.93. The predicted octanol–water partition coefficient (Wildman–Crippen LogP) is -0.536. The number of carboxylic acid groups (broad SMARTS) is 1. The van der Waals surface area contributed by atoms with Crippen molar-refractivity contribution in [2.75, 3.05) is 19.5 Å². The maximum absolute atomic E-state index is 12.6. The molecule has 0 aromatic carbocycles. The van der Waals surface area contributed by atoms with E-state index in [-0.39, 0.29) is 35.1 Å². The average Bonchev–Trinajstić information content (AvgIpc) is 3.21. The summed E-state index contributed by atoms with van der Waals surface area (Å²) in [6.07, 6.45) is 0.290. The van der Waals surface area contributed by atoms with Crippen LogP contribution in [0.2, 0.25) is 0 Å². The number of thioether (sulfide) groups is 1. The monoisotopic (exact) mass is 424 g/mol. The number of hydrogen-bond donors (Lipinski definition) is 3. The van der Waals surface area contributed by atoms with Gasteiger partial charge in [0.1, 0.15) is 30.8 Å². The quantitative estimate of drug-likeness (QED) is 0.295. The predicted molar refractivity (Wildman–Crippen MR) is 97.5 cm³/mol. The number of hydrogen-bond acceptors (Lipinski definition) is 9. The van der Waals surface area contributed by atoms with Crippen molar-refractivity contribution in [2.24, 2.45) is 10.9 Å². The third-order valence-corrected chi connectivity index (χ3v) is 5.42. The number of furan rings is 1. The maximum atomic E-state index is 12.6. The molecule has 0 aliphatic carbocycles. The van der Waals surface area contributed by atoms with Crippen molar-refractivity contribution in [3.05, 3.63) is 35.4 Å². The molecule has 12 nitrogen and oxygen atoms in total. The Balaban J connectivity index is 1.77. The van der Waals surface area contributed by atoms with Gasteiger partial charge in [-0.25, -0.2) is 9.59 Å². The van der Waals surface area contributed by atoms with E-state index in [1.54, 1.807) is 6.07 Å². The van der Waals surface area contributed by atoms with E-state index in [4.69, 9.17) is 10.2 Å². The van der Waals surface area contributed by atoms with Crippen LogP contribution in [-0.2, 0) is 24.0 Å². The normalized spacial score (nSPS) is 21.2. The number of fused-ring (bicyclic) bond motifs is 1. The summed E-state index contributed by atoms with van der Waals surface area (Å²) in [5, 5.41) is 15.0. The highest BCUT2D eigenvalue weighted by Crippen LogP contribution is 2.40. The number of nitrogens with one attached hydrogen (secondary N) is 1. The van der Waals surface area contributed by atoms with Crippen molar-refractivity contribution in [1.29, 1.82) is 0 Å². The molecule has 1 unspecified atom stereocenters. The van der Waals surface area contributed by atoms with Gasteiger partial charge in [0.2, 0.25) is 5.71 Å². The van der Waals surface area contributed by atoms with Crippen LogP contribution in [0.15, 0.2) is 39.2 Å². The fraction of sp³-hybridized carbons (Fsp3) is 0.312. The Bertz CT molecular complexity index is 910. The third kappa shape index (κ3) is 3.89. The molecule has 0 radical (unpaired) electrons. The topological polar surface area (TPSA) is 174 Å². The lowest BCUT2D eigenvalue weighted by atomic mass is 10.0. The standard InChI is InChI=1S/C16H16N4O8S/c1-26-19-9(8-3-2-4-27-8)12(21)18-10-13(22)20-11(15(23)24)7(5-28-16(17)25)6-29-14(10)20/h2-4,10,14H,5-6H2,1H3,(H2,17,25)(H,18,21)(H,23,24)/t10?,14-/m1/s1. The van der Waals surface area contributed by atoms with E-state index in [1.807, 2.05) is 0 Å². The summed E-state index contributed by atoms with van der Waals surface area (Å²) >= 11 is 1.21. The van der Waals surface area contributed by atoms with Crippen molar-refractivity contribution in [1.82, 2.24) is 10.2 Å². The fourth-order valence-corrected chi connectivity index (χ4v) is 4.19. The van der Waals surface area contributed by atoms with Crippen molar-refractivity contribution < 1.29 is 38.3 Å². The average molecular weight is 424 g/mol. The largest absolute Gasteiger partial charge is 0.477 e. The number of carbonyl (C=O) groups excluding carboxylic acids is 3. The van der Waals surface area contributed by atoms with E-state index in [2.05, 4.69) is 20.0 Å². The summed E-state index contributed by atoms with van der Waals surface area (Å²) in [6.45, 7) is -0.347. The minimum absolute atomic E-state index is 0.140. The summed E-state index contributed by atoms with van der Waals surface area (Å²) in [6, 6.07) is 2.08. The Kier molecular flexibility index (Phi) is 5.77. The van der Waals surface area contributed by atoms with E-state index in [9.17, 15) is 24.3 Å². The lowest BCUT2D eigenvalue weighted by Crippen LogP contribution is -2.71. The first-order valence-electron chi connectivity index (χ1n) is 8.13. The molecular weight excluding hydrogens is 408 g/mol. The number of aliphatic carboxylic acids is 1. The SMILES string of the molecule is CON=C(C(=O)NC1C(=O)N2C(C(=O)O)=C(COC(N)=O)CS[C@H]12)c1ccco1. The van der Waals surface area contributed by atoms with Crippen molar-refractivity contribution in [3.8, 4) is 0 Å². The zero-order valence-electron chi connectivity index (χ0n) is 15.0. The number of carbonyl (C=O) groups is 4. The molecule has 13 heteroatoms. The number of carboxylic acids is 1. The van der Waals surface area contributed by atoms with Crippen molar-refractivity contribution >= 4 is 41.4 Å². The minimum Gasteiger partial charge on any atom is -0.477 e. The Hall–Kier alpha value is -3.48. The Morgan fingerprint density at radius 3 is 2.83 bits per heavy atom. The van der Waals surface area contributed by atoms with Gasteiger partial charge in [0.05, 0.1) is 6.26 Å². The van der Waals surface area contributed by atoms with E-state index in [0.29, 0.717) is 0 Å². The smallest absolute Gasteiger partial charge is 0.404 e. The van der Waals surface area contributed by atoms with Crippen LogP contribution in [0.1, 0.15) is 5.76 Å². The number of oxime groups is 1. The molecule has 1 fully saturated rings. The molecular formula is C16H16N4O8S. The van der Waals surface area contributed by atoms with E-state index in [0.717, 1.165) is 4.90 Å². The van der Waals surface area contributed by atoms with Gasteiger partial charge in [0.15, 0.2) is 5.76 Å². The minimum atomic E-state index is -1.35. The molecule has 3 amide bonds. The second-order valence-electron chi connectivity index (χ2n) is 5.83. The van der Waals surface area contributed by atoms with Gasteiger partial charge in [-0.05, 0) is 12.1 Å². The maximum Gasteiger partial charge on any atom is 0.404 e. The highest BCUT2D eigenvalue weighted by molar-refractivity contribution is 8.00. The molecule has 2 aliphatic heterocycles. The van der Waals surface area contributed by atoms with Gasteiger partial charge in [-0.2, -0.15) is 0 Å². The molecule has 1 aromatic rings. The van der Waals surface area contributed by atoms with Gasteiger partial charge >= 0.3 is 12.1 Å². The van der Waals surface area contributed by atoms with Crippen LogP contribution in [0.3, 0.4) is 0 Å². The fourth-order valence-electron chi connectivity index (χ4n) is 2.87. The molecule has 0 saturated carbocycles. The molecule has 3 rings (SSSR count). The summed E-state index contributed by atoms with van der Waals surface area (Å²) in [7, 11) is 1.25. The molecule has 2 aliphatic rings. The van der Waals surface area contributed by atoms with Gasteiger partial charge < -0.3 is 30.1 Å². The highest BCUT2D eigenvalue weighted by atomic mass is 32.2. The van der Waals surface area contributed by atoms with Crippen LogP contribution in [0.25, 0.3) is 0 Å². The number of amides is 3. The Morgan fingerprint density at radius 1 is 1.48 bits per heavy atom. The van der Waals surface area contributed by atoms with E-state index < -0.39 is 35.3 Å². The number of rotatable bonds is 7. The molecule has 2 atom stereocenters. The van der Waals surface area contributed by atoms with E-state index >= 15 is 0 Å². The first-order valence-corrected chi connectivity index (χ1v) is 9.18. The molecule has 1 saturated heterocycles. The summed E-state index contributed by atoms with van der Waals surface area (Å²) in [5.41, 5.74) is 4.68. The van der Waals surface area contributed by atoms with Gasteiger partial charge in [-0.1, -0.05) is 5.16 Å².